The number of ether oxygens (including phenoxy) is 1. The fraction of sp³-hybridized carbons (Fsp3) is 0.412. The first-order chi connectivity index (χ1) is 11.6. The van der Waals surface area contributed by atoms with E-state index in [4.69, 9.17) is 4.74 Å². The molecule has 24 heavy (non-hydrogen) atoms. The Morgan fingerprint density at radius 2 is 2.38 bits per heavy atom. The first-order valence-corrected chi connectivity index (χ1v) is 8.03. The van der Waals surface area contributed by atoms with Gasteiger partial charge < -0.3 is 20.5 Å². The van der Waals surface area contributed by atoms with Crippen molar-refractivity contribution in [1.29, 1.82) is 0 Å². The summed E-state index contributed by atoms with van der Waals surface area (Å²) in [5.41, 5.74) is 2.07. The molecule has 1 aliphatic heterocycles. The maximum Gasteiger partial charge on any atom is 0.237 e. The number of aliphatic hydroxyl groups excluding tert-OH is 1. The summed E-state index contributed by atoms with van der Waals surface area (Å²) in [6, 6.07) is 7.46. The van der Waals surface area contributed by atoms with Gasteiger partial charge in [0.05, 0.1) is 24.9 Å². The molecule has 0 aliphatic carbocycles. The standard InChI is InChI=1S/C17H22N4O3/c1-21-11-13(9-20-21)12-3-2-4-15(7-12)24-6-5-18-17(23)16-8-14(22)10-19-16/h2-4,7,9,11,14,16,19,22H,5-6,8,10H2,1H3,(H,18,23)/t14-,16-/m0/s1. The molecule has 7 heteroatoms. The van der Waals surface area contributed by atoms with E-state index in [2.05, 4.69) is 15.7 Å². The Balaban J connectivity index is 1.46. The summed E-state index contributed by atoms with van der Waals surface area (Å²) in [7, 11) is 1.88. The quantitative estimate of drug-likeness (QED) is 0.663. The number of carbonyl (C=O) groups excluding carboxylic acids is 1. The average molecular weight is 330 g/mol. The van der Waals surface area contributed by atoms with Gasteiger partial charge in [-0.3, -0.25) is 9.48 Å². The second-order valence-electron chi connectivity index (χ2n) is 5.92. The third-order valence-corrected chi connectivity index (χ3v) is 3.97. The van der Waals surface area contributed by atoms with Crippen molar-refractivity contribution in [2.24, 2.45) is 7.05 Å². The van der Waals surface area contributed by atoms with E-state index in [1.807, 2.05) is 43.7 Å². The van der Waals surface area contributed by atoms with Crippen molar-refractivity contribution in [3.8, 4) is 16.9 Å². The van der Waals surface area contributed by atoms with Crippen LogP contribution in [0.2, 0.25) is 0 Å². The summed E-state index contributed by atoms with van der Waals surface area (Å²) < 4.78 is 7.45. The van der Waals surface area contributed by atoms with Gasteiger partial charge in [0.15, 0.2) is 0 Å². The number of hydrogen-bond donors (Lipinski definition) is 3. The van der Waals surface area contributed by atoms with Crippen LogP contribution in [0.1, 0.15) is 6.42 Å². The number of aromatic nitrogens is 2. The molecule has 7 nitrogen and oxygen atoms in total. The first kappa shape index (κ1) is 16.5. The zero-order valence-electron chi connectivity index (χ0n) is 13.6. The largest absolute Gasteiger partial charge is 0.492 e. The van der Waals surface area contributed by atoms with E-state index in [9.17, 15) is 9.90 Å². The predicted molar refractivity (Wildman–Crippen MR) is 89.6 cm³/mol. The fourth-order valence-electron chi connectivity index (χ4n) is 2.72. The molecule has 0 radical (unpaired) electrons. The molecule has 1 aromatic carbocycles. The second kappa shape index (κ2) is 7.46. The maximum atomic E-state index is 11.9. The molecule has 1 saturated heterocycles. The number of β-amino-alcohol motifs (C(OH)–C–C–N with tert-alkyl or cyclic N) is 1. The van der Waals surface area contributed by atoms with Gasteiger partial charge in [0.25, 0.3) is 0 Å². The highest BCUT2D eigenvalue weighted by Crippen LogP contribution is 2.23. The van der Waals surface area contributed by atoms with Crippen molar-refractivity contribution >= 4 is 5.91 Å². The molecule has 1 aliphatic rings. The van der Waals surface area contributed by atoms with Gasteiger partial charge in [0.2, 0.25) is 5.91 Å². The van der Waals surface area contributed by atoms with Gasteiger partial charge in [-0.15, -0.1) is 0 Å². The SMILES string of the molecule is Cn1cc(-c2cccc(OCCNC(=O)[C@@H]3C[C@H](O)CN3)c2)cn1. The molecular formula is C17H22N4O3. The van der Waals surface area contributed by atoms with Gasteiger partial charge in [-0.05, 0) is 24.1 Å². The minimum Gasteiger partial charge on any atom is -0.492 e. The van der Waals surface area contributed by atoms with Crippen LogP contribution in [-0.2, 0) is 11.8 Å². The molecule has 3 N–H and O–H groups in total. The minimum atomic E-state index is -0.438. The highest BCUT2D eigenvalue weighted by Gasteiger charge is 2.27. The van der Waals surface area contributed by atoms with Crippen LogP contribution in [0.15, 0.2) is 36.7 Å². The number of aliphatic hydroxyl groups is 1. The summed E-state index contributed by atoms with van der Waals surface area (Å²) >= 11 is 0. The van der Waals surface area contributed by atoms with Gasteiger partial charge >= 0.3 is 0 Å². The smallest absolute Gasteiger partial charge is 0.237 e. The van der Waals surface area contributed by atoms with E-state index in [1.165, 1.54) is 0 Å². The van der Waals surface area contributed by atoms with E-state index in [1.54, 1.807) is 4.68 Å². The highest BCUT2D eigenvalue weighted by molar-refractivity contribution is 5.82. The Morgan fingerprint density at radius 3 is 3.08 bits per heavy atom. The van der Waals surface area contributed by atoms with Crippen LogP contribution in [0, 0.1) is 0 Å². The minimum absolute atomic E-state index is 0.0979. The summed E-state index contributed by atoms with van der Waals surface area (Å²) in [4.78, 5) is 11.9. The zero-order chi connectivity index (χ0) is 16.9. The van der Waals surface area contributed by atoms with Crippen LogP contribution in [0.3, 0.4) is 0 Å². The number of hydrogen-bond acceptors (Lipinski definition) is 5. The van der Waals surface area contributed by atoms with E-state index in [0.29, 0.717) is 26.1 Å². The third-order valence-electron chi connectivity index (χ3n) is 3.97. The topological polar surface area (TPSA) is 88.4 Å². The lowest BCUT2D eigenvalue weighted by atomic mass is 10.1. The van der Waals surface area contributed by atoms with Gasteiger partial charge in [-0.25, -0.2) is 0 Å². The van der Waals surface area contributed by atoms with Gasteiger partial charge in [0, 0.05) is 25.4 Å². The lowest BCUT2D eigenvalue weighted by molar-refractivity contribution is -0.123. The zero-order valence-corrected chi connectivity index (χ0v) is 13.6. The van der Waals surface area contributed by atoms with Crippen molar-refractivity contribution in [2.75, 3.05) is 19.7 Å². The molecule has 3 rings (SSSR count). The molecule has 0 bridgehead atoms. The summed E-state index contributed by atoms with van der Waals surface area (Å²) in [6.07, 6.45) is 3.78. The Hall–Kier alpha value is -2.38. The van der Waals surface area contributed by atoms with Crippen molar-refractivity contribution in [3.63, 3.8) is 0 Å². The third kappa shape index (κ3) is 4.12. The van der Waals surface area contributed by atoms with Gasteiger partial charge in [0.1, 0.15) is 12.4 Å². The molecule has 0 unspecified atom stereocenters. The normalized spacial score (nSPS) is 20.1. The monoisotopic (exact) mass is 330 g/mol. The fourth-order valence-corrected chi connectivity index (χ4v) is 2.72. The molecule has 0 spiro atoms. The van der Waals surface area contributed by atoms with Gasteiger partial charge in [-0.2, -0.15) is 5.10 Å². The van der Waals surface area contributed by atoms with Crippen molar-refractivity contribution < 1.29 is 14.6 Å². The molecule has 0 saturated carbocycles. The Morgan fingerprint density at radius 1 is 1.50 bits per heavy atom. The van der Waals surface area contributed by atoms with Crippen molar-refractivity contribution in [2.45, 2.75) is 18.6 Å². The van der Waals surface area contributed by atoms with Crippen molar-refractivity contribution in [1.82, 2.24) is 20.4 Å². The Kier molecular flexibility index (Phi) is 5.12. The molecule has 1 amide bonds. The number of aryl methyl sites for hydroxylation is 1. The molecule has 1 fully saturated rings. The Labute approximate surface area is 140 Å². The lowest BCUT2D eigenvalue weighted by Crippen LogP contribution is -2.41. The number of nitrogens with zero attached hydrogens (tertiary/aromatic N) is 2. The average Bonchev–Trinajstić information content (AvgIpc) is 3.20. The molecular weight excluding hydrogens is 308 g/mol. The number of nitrogens with one attached hydrogen (secondary N) is 2. The predicted octanol–water partition coefficient (Wildman–Crippen LogP) is 0.305. The van der Waals surface area contributed by atoms with E-state index in [-0.39, 0.29) is 11.9 Å². The van der Waals surface area contributed by atoms with Crippen LogP contribution in [0.4, 0.5) is 0 Å². The molecule has 128 valence electrons. The number of rotatable bonds is 6. The van der Waals surface area contributed by atoms with E-state index >= 15 is 0 Å². The molecule has 2 aromatic rings. The number of carbonyl (C=O) groups is 1. The van der Waals surface area contributed by atoms with Crippen molar-refractivity contribution in [3.05, 3.63) is 36.7 Å². The highest BCUT2D eigenvalue weighted by atomic mass is 16.5. The summed E-state index contributed by atoms with van der Waals surface area (Å²) in [6.45, 7) is 1.28. The van der Waals surface area contributed by atoms with Crippen LogP contribution in [-0.4, -0.2) is 52.6 Å². The number of benzene rings is 1. The second-order valence-corrected chi connectivity index (χ2v) is 5.92. The van der Waals surface area contributed by atoms with Gasteiger partial charge in [-0.1, -0.05) is 12.1 Å². The van der Waals surface area contributed by atoms with Crippen LogP contribution >= 0.6 is 0 Å². The maximum absolute atomic E-state index is 11.9. The molecule has 1 aromatic heterocycles. The summed E-state index contributed by atoms with van der Waals surface area (Å²) in [5.74, 6) is 0.652. The number of amides is 1. The van der Waals surface area contributed by atoms with Crippen LogP contribution < -0.4 is 15.4 Å². The first-order valence-electron chi connectivity index (χ1n) is 8.03. The summed E-state index contributed by atoms with van der Waals surface area (Å²) in [5, 5.41) is 19.4. The van der Waals surface area contributed by atoms with Crippen LogP contribution in [0.5, 0.6) is 5.75 Å². The Bertz CT molecular complexity index is 701. The molecule has 2 atom stereocenters. The van der Waals surface area contributed by atoms with E-state index < -0.39 is 6.10 Å². The lowest BCUT2D eigenvalue weighted by Gasteiger charge is -2.12. The molecule has 2 heterocycles. The van der Waals surface area contributed by atoms with Crippen LogP contribution in [0.25, 0.3) is 11.1 Å². The van der Waals surface area contributed by atoms with E-state index in [0.717, 1.165) is 16.9 Å².